The van der Waals surface area contributed by atoms with Gasteiger partial charge in [0, 0.05) is 6.54 Å². The highest BCUT2D eigenvalue weighted by atomic mass is 31.0. The van der Waals surface area contributed by atoms with E-state index in [1.165, 1.54) is 0 Å². The average molecular weight is 109 g/mol. The highest BCUT2D eigenvalue weighted by molar-refractivity contribution is 7.13. The number of rotatable bonds is 2. The molecule has 0 saturated heterocycles. The fraction of sp³-hybridized carbons (Fsp3) is 1.00. The predicted molar refractivity (Wildman–Crippen MR) is 27.8 cm³/mol. The first-order valence-corrected chi connectivity index (χ1v) is 2.47. The minimum Gasteiger partial charge on any atom is -0.132 e. The summed E-state index contributed by atoms with van der Waals surface area (Å²) in [6.45, 7) is 2.43. The van der Waals surface area contributed by atoms with E-state index < -0.39 is 0 Å². The molecule has 0 aromatic carbocycles. The van der Waals surface area contributed by atoms with Crippen LogP contribution in [0.15, 0.2) is 0 Å². The maximum atomic E-state index is 11.5. The van der Waals surface area contributed by atoms with Crippen molar-refractivity contribution in [3.8, 4) is 0 Å². The van der Waals surface area contributed by atoms with Gasteiger partial charge >= 0.3 is 0 Å². The SMILES string of the molecule is CCCN(F)P. The summed E-state index contributed by atoms with van der Waals surface area (Å²) < 4.78 is 11.5. The first-order valence-electron chi connectivity index (χ1n) is 1.95. The quantitative estimate of drug-likeness (QED) is 0.382. The van der Waals surface area contributed by atoms with Gasteiger partial charge < -0.3 is 0 Å². The molecule has 0 amide bonds. The molecule has 0 aliphatic rings. The molecule has 0 spiro atoms. The van der Waals surface area contributed by atoms with Crippen molar-refractivity contribution in [1.82, 2.24) is 4.89 Å². The van der Waals surface area contributed by atoms with Crippen LogP contribution in [-0.4, -0.2) is 11.4 Å². The fourth-order valence-electron chi connectivity index (χ4n) is 0.214. The molecular weight excluding hydrogens is 100 g/mol. The van der Waals surface area contributed by atoms with Crippen molar-refractivity contribution < 1.29 is 4.48 Å². The van der Waals surface area contributed by atoms with Gasteiger partial charge in [0.15, 0.2) is 0 Å². The van der Waals surface area contributed by atoms with E-state index in [1.54, 1.807) is 0 Å². The third-order valence-corrected chi connectivity index (χ3v) is 0.695. The molecule has 0 heterocycles. The van der Waals surface area contributed by atoms with E-state index in [0.29, 0.717) is 11.4 Å². The van der Waals surface area contributed by atoms with Crippen molar-refractivity contribution in [2.24, 2.45) is 0 Å². The van der Waals surface area contributed by atoms with E-state index in [4.69, 9.17) is 0 Å². The molecule has 0 N–H and O–H groups in total. The Bertz CT molecular complexity index is 32.0. The first-order chi connectivity index (χ1) is 2.77. The number of hydrogen-bond acceptors (Lipinski definition) is 1. The summed E-state index contributed by atoms with van der Waals surface area (Å²) in [4.78, 5) is 0.597. The molecule has 0 radical (unpaired) electrons. The molecule has 0 aromatic heterocycles. The van der Waals surface area contributed by atoms with Crippen molar-refractivity contribution in [3.63, 3.8) is 0 Å². The van der Waals surface area contributed by atoms with Gasteiger partial charge in [-0.25, -0.2) is 0 Å². The van der Waals surface area contributed by atoms with Crippen molar-refractivity contribution in [2.75, 3.05) is 6.54 Å². The molecule has 1 nitrogen and oxygen atoms in total. The molecule has 0 bridgehead atoms. The Hall–Kier alpha value is 0.320. The lowest BCUT2D eigenvalue weighted by Crippen LogP contribution is -1.96. The lowest BCUT2D eigenvalue weighted by atomic mass is 10.5. The Morgan fingerprint density at radius 2 is 2.33 bits per heavy atom. The van der Waals surface area contributed by atoms with Gasteiger partial charge in [0.1, 0.15) is 0 Å². The van der Waals surface area contributed by atoms with Gasteiger partial charge in [-0.05, 0) is 15.8 Å². The molecule has 0 aliphatic heterocycles. The minimum atomic E-state index is 0.505. The van der Waals surface area contributed by atoms with Crippen LogP contribution in [0.1, 0.15) is 13.3 Å². The van der Waals surface area contributed by atoms with E-state index in [9.17, 15) is 4.48 Å². The number of halogens is 1. The van der Waals surface area contributed by atoms with Crippen LogP contribution >= 0.6 is 9.39 Å². The third kappa shape index (κ3) is 4.32. The summed E-state index contributed by atoms with van der Waals surface area (Å²) >= 11 is 0. The highest BCUT2D eigenvalue weighted by Gasteiger charge is 1.84. The lowest BCUT2D eigenvalue weighted by Gasteiger charge is -1.97. The summed E-state index contributed by atoms with van der Waals surface area (Å²) in [5.74, 6) is 0. The van der Waals surface area contributed by atoms with Crippen LogP contribution in [0.3, 0.4) is 0 Å². The van der Waals surface area contributed by atoms with Crippen molar-refractivity contribution in [1.29, 1.82) is 0 Å². The second-order valence-electron chi connectivity index (χ2n) is 1.12. The zero-order valence-electron chi connectivity index (χ0n) is 3.82. The van der Waals surface area contributed by atoms with Crippen LogP contribution in [0.2, 0.25) is 0 Å². The second-order valence-corrected chi connectivity index (χ2v) is 1.68. The van der Waals surface area contributed by atoms with Crippen LogP contribution in [-0.2, 0) is 0 Å². The topological polar surface area (TPSA) is 3.24 Å². The molecular formula is C3H9FNP. The fourth-order valence-corrected chi connectivity index (χ4v) is 0.472. The summed E-state index contributed by atoms with van der Waals surface area (Å²) in [7, 11) is 1.95. The summed E-state index contributed by atoms with van der Waals surface area (Å²) in [6.07, 6.45) is 0.861. The largest absolute Gasteiger partial charge is 0.132 e. The van der Waals surface area contributed by atoms with Crippen molar-refractivity contribution in [3.05, 3.63) is 0 Å². The Kier molecular flexibility index (Phi) is 3.70. The molecule has 0 aromatic rings. The van der Waals surface area contributed by atoms with Crippen LogP contribution < -0.4 is 0 Å². The molecule has 0 saturated carbocycles. The molecule has 38 valence electrons. The van der Waals surface area contributed by atoms with Crippen LogP contribution in [0, 0.1) is 0 Å². The molecule has 0 fully saturated rings. The van der Waals surface area contributed by atoms with Gasteiger partial charge in [-0.15, -0.1) is 9.37 Å². The van der Waals surface area contributed by atoms with Crippen LogP contribution in [0.5, 0.6) is 0 Å². The normalized spacial score (nSPS) is 10.0. The summed E-state index contributed by atoms with van der Waals surface area (Å²) in [5, 5.41) is 0. The predicted octanol–water partition coefficient (Wildman–Crippen LogP) is 1.37. The second kappa shape index (κ2) is 3.51. The third-order valence-electron chi connectivity index (χ3n) is 0.437. The molecule has 0 aliphatic carbocycles. The Morgan fingerprint density at radius 1 is 1.83 bits per heavy atom. The average Bonchev–Trinajstić information content (AvgIpc) is 1.35. The monoisotopic (exact) mass is 109 g/mol. The van der Waals surface area contributed by atoms with Gasteiger partial charge in [0.25, 0.3) is 0 Å². The van der Waals surface area contributed by atoms with Gasteiger partial charge in [-0.3, -0.25) is 0 Å². The lowest BCUT2D eigenvalue weighted by molar-refractivity contribution is 0.158. The zero-order chi connectivity index (χ0) is 4.99. The Morgan fingerprint density at radius 3 is 2.33 bits per heavy atom. The molecule has 3 heteroatoms. The van der Waals surface area contributed by atoms with Gasteiger partial charge in [-0.1, -0.05) is 6.92 Å². The van der Waals surface area contributed by atoms with Gasteiger partial charge in [0.05, 0.1) is 0 Å². The van der Waals surface area contributed by atoms with Crippen LogP contribution in [0.4, 0.5) is 4.48 Å². The van der Waals surface area contributed by atoms with E-state index >= 15 is 0 Å². The maximum Gasteiger partial charge on any atom is 0.0322 e. The summed E-state index contributed by atoms with van der Waals surface area (Å²) in [5.41, 5.74) is 0. The van der Waals surface area contributed by atoms with E-state index in [0.717, 1.165) is 6.42 Å². The van der Waals surface area contributed by atoms with E-state index in [1.807, 2.05) is 16.3 Å². The number of nitrogens with zero attached hydrogens (tertiary/aromatic N) is 1. The van der Waals surface area contributed by atoms with Gasteiger partial charge in [-0.2, -0.15) is 0 Å². The Labute approximate surface area is 39.7 Å². The summed E-state index contributed by atoms with van der Waals surface area (Å²) in [6, 6.07) is 0. The minimum absolute atomic E-state index is 0.505. The molecule has 1 unspecified atom stereocenters. The van der Waals surface area contributed by atoms with Crippen molar-refractivity contribution >= 4 is 9.39 Å². The first kappa shape index (κ1) is 6.32. The standard InChI is InChI=1S/C3H9FNP/c1-2-3-5(4)6/h2-3,6H2,1H3. The molecule has 6 heavy (non-hydrogen) atoms. The Balaban J connectivity index is 2.63. The highest BCUT2D eigenvalue weighted by Crippen LogP contribution is 1.97. The maximum absolute atomic E-state index is 11.5. The van der Waals surface area contributed by atoms with E-state index in [-0.39, 0.29) is 0 Å². The van der Waals surface area contributed by atoms with Gasteiger partial charge in [0.2, 0.25) is 0 Å². The number of hydrogen-bond donors (Lipinski definition) is 0. The zero-order valence-corrected chi connectivity index (χ0v) is 4.97. The van der Waals surface area contributed by atoms with Crippen LogP contribution in [0.25, 0.3) is 0 Å². The smallest absolute Gasteiger partial charge is 0.0322 e. The molecule has 0 rings (SSSR count). The molecule has 1 atom stereocenters. The van der Waals surface area contributed by atoms with Crippen molar-refractivity contribution in [2.45, 2.75) is 13.3 Å². The van der Waals surface area contributed by atoms with E-state index in [2.05, 4.69) is 0 Å².